The van der Waals surface area contributed by atoms with Gasteiger partial charge in [-0.1, -0.05) is 18.0 Å². The Hall–Kier alpha value is -0.930. The molecule has 0 saturated heterocycles. The molecule has 0 amide bonds. The Bertz CT molecular complexity index is 435. The summed E-state index contributed by atoms with van der Waals surface area (Å²) in [6.45, 7) is 0. The topological polar surface area (TPSA) is 43.1 Å². The zero-order valence-corrected chi connectivity index (χ0v) is 9.56. The van der Waals surface area contributed by atoms with Crippen molar-refractivity contribution in [2.24, 2.45) is 5.73 Å². The Morgan fingerprint density at radius 1 is 1.38 bits per heavy atom. The summed E-state index contributed by atoms with van der Waals surface area (Å²) in [7, 11) is 0. The molecular formula is C12H13ClFNO. The summed E-state index contributed by atoms with van der Waals surface area (Å²) < 4.78 is 13.2. The lowest BCUT2D eigenvalue weighted by atomic mass is 9.76. The van der Waals surface area contributed by atoms with Crippen molar-refractivity contribution in [3.05, 3.63) is 34.6 Å². The van der Waals surface area contributed by atoms with Crippen LogP contribution in [0.5, 0.6) is 0 Å². The predicted octanol–water partition coefficient (Wildman–Crippen LogP) is 2.78. The summed E-state index contributed by atoms with van der Waals surface area (Å²) in [5, 5.41) is 0.360. The highest BCUT2D eigenvalue weighted by Gasteiger charge is 2.39. The van der Waals surface area contributed by atoms with Crippen LogP contribution < -0.4 is 5.73 Å². The average Bonchev–Trinajstić information content (AvgIpc) is 2.26. The van der Waals surface area contributed by atoms with Crippen LogP contribution in [0.4, 0.5) is 4.39 Å². The van der Waals surface area contributed by atoms with Crippen molar-refractivity contribution in [2.45, 2.75) is 31.2 Å². The second kappa shape index (κ2) is 4.15. The fraction of sp³-hybridized carbons (Fsp3) is 0.417. The second-order valence-electron chi connectivity index (χ2n) is 4.23. The van der Waals surface area contributed by atoms with Crippen LogP contribution in [0.2, 0.25) is 5.02 Å². The van der Waals surface area contributed by atoms with Crippen LogP contribution in [-0.4, -0.2) is 5.78 Å². The normalized spacial score (nSPS) is 25.8. The second-order valence-corrected chi connectivity index (χ2v) is 4.63. The summed E-state index contributed by atoms with van der Waals surface area (Å²) in [6.07, 6.45) is 2.71. The Kier molecular flexibility index (Phi) is 3.00. The molecule has 1 aromatic rings. The van der Waals surface area contributed by atoms with Gasteiger partial charge in [0.15, 0.2) is 5.78 Å². The van der Waals surface area contributed by atoms with Crippen molar-refractivity contribution >= 4 is 17.4 Å². The molecule has 0 bridgehead atoms. The first kappa shape index (κ1) is 11.6. The molecule has 86 valence electrons. The van der Waals surface area contributed by atoms with Gasteiger partial charge in [0, 0.05) is 17.0 Å². The van der Waals surface area contributed by atoms with Crippen LogP contribution >= 0.6 is 11.6 Å². The van der Waals surface area contributed by atoms with Gasteiger partial charge >= 0.3 is 0 Å². The zero-order valence-electron chi connectivity index (χ0n) is 8.80. The first-order valence-corrected chi connectivity index (χ1v) is 5.69. The molecule has 1 atom stereocenters. The molecule has 1 unspecified atom stereocenters. The van der Waals surface area contributed by atoms with Crippen LogP contribution in [0.25, 0.3) is 0 Å². The maximum Gasteiger partial charge on any atom is 0.157 e. The first-order chi connectivity index (χ1) is 7.54. The van der Waals surface area contributed by atoms with Crippen molar-refractivity contribution in [2.75, 3.05) is 0 Å². The third-order valence-corrected chi connectivity index (χ3v) is 3.46. The predicted molar refractivity (Wildman–Crippen MR) is 60.8 cm³/mol. The maximum atomic E-state index is 13.2. The minimum atomic E-state index is -1.10. The standard InChI is InChI=1S/C12H13ClFNO/c13-10-5-4-8(14)7-9(10)12(15)6-2-1-3-11(12)16/h4-5,7H,1-3,6,15H2. The number of nitrogens with two attached hydrogens (primary N) is 1. The Balaban J connectivity index is 2.48. The highest BCUT2D eigenvalue weighted by molar-refractivity contribution is 6.31. The van der Waals surface area contributed by atoms with Gasteiger partial charge in [0.25, 0.3) is 0 Å². The number of Topliss-reactive ketones (excluding diaryl/α,β-unsaturated/α-hetero) is 1. The van der Waals surface area contributed by atoms with Crippen LogP contribution in [0.3, 0.4) is 0 Å². The Labute approximate surface area is 98.6 Å². The smallest absolute Gasteiger partial charge is 0.157 e. The molecule has 0 aliphatic heterocycles. The molecule has 2 rings (SSSR count). The SMILES string of the molecule is NC1(c2cc(F)ccc2Cl)CCCCC1=O. The minimum absolute atomic E-state index is 0.0498. The van der Waals surface area contributed by atoms with Crippen molar-refractivity contribution in [1.29, 1.82) is 0 Å². The largest absolute Gasteiger partial charge is 0.315 e. The van der Waals surface area contributed by atoms with E-state index in [1.165, 1.54) is 18.2 Å². The highest BCUT2D eigenvalue weighted by Crippen LogP contribution is 2.36. The molecule has 0 aromatic heterocycles. The van der Waals surface area contributed by atoms with Gasteiger partial charge in [-0.3, -0.25) is 4.79 Å². The molecule has 1 aliphatic rings. The Morgan fingerprint density at radius 2 is 2.12 bits per heavy atom. The zero-order chi connectivity index (χ0) is 11.8. The van der Waals surface area contributed by atoms with E-state index in [2.05, 4.69) is 0 Å². The van der Waals surface area contributed by atoms with Crippen molar-refractivity contribution in [3.63, 3.8) is 0 Å². The molecular weight excluding hydrogens is 229 g/mol. The third-order valence-electron chi connectivity index (χ3n) is 3.13. The van der Waals surface area contributed by atoms with E-state index in [0.29, 0.717) is 23.4 Å². The summed E-state index contributed by atoms with van der Waals surface area (Å²) in [6, 6.07) is 3.98. The van der Waals surface area contributed by atoms with Crippen molar-refractivity contribution in [1.82, 2.24) is 0 Å². The van der Waals surface area contributed by atoms with Gasteiger partial charge in [0.05, 0.1) is 0 Å². The lowest BCUT2D eigenvalue weighted by Crippen LogP contribution is -2.47. The van der Waals surface area contributed by atoms with E-state index in [1.807, 2.05) is 0 Å². The van der Waals surface area contributed by atoms with Crippen LogP contribution in [-0.2, 0) is 10.3 Å². The minimum Gasteiger partial charge on any atom is -0.315 e. The van der Waals surface area contributed by atoms with E-state index in [4.69, 9.17) is 17.3 Å². The quantitative estimate of drug-likeness (QED) is 0.822. The van der Waals surface area contributed by atoms with Crippen molar-refractivity contribution in [3.8, 4) is 0 Å². The van der Waals surface area contributed by atoms with Crippen LogP contribution in [0, 0.1) is 5.82 Å². The number of carbonyl (C=O) groups excluding carboxylic acids is 1. The lowest BCUT2D eigenvalue weighted by molar-refractivity contribution is -0.126. The van der Waals surface area contributed by atoms with E-state index in [-0.39, 0.29) is 5.78 Å². The average molecular weight is 242 g/mol. The van der Waals surface area contributed by atoms with E-state index >= 15 is 0 Å². The van der Waals surface area contributed by atoms with E-state index in [1.54, 1.807) is 0 Å². The molecule has 1 fully saturated rings. The number of halogens is 2. The number of hydrogen-bond acceptors (Lipinski definition) is 2. The molecule has 1 aliphatic carbocycles. The molecule has 0 radical (unpaired) electrons. The van der Waals surface area contributed by atoms with E-state index in [9.17, 15) is 9.18 Å². The van der Waals surface area contributed by atoms with E-state index in [0.717, 1.165) is 12.8 Å². The highest BCUT2D eigenvalue weighted by atomic mass is 35.5. The summed E-state index contributed by atoms with van der Waals surface area (Å²) in [5.74, 6) is -0.464. The van der Waals surface area contributed by atoms with Gasteiger partial charge in [0.1, 0.15) is 11.4 Å². The van der Waals surface area contributed by atoms with Gasteiger partial charge in [-0.05, 0) is 31.0 Å². The molecule has 2 nitrogen and oxygen atoms in total. The number of carbonyl (C=O) groups is 1. The van der Waals surface area contributed by atoms with Crippen LogP contribution in [0.1, 0.15) is 31.2 Å². The molecule has 0 heterocycles. The first-order valence-electron chi connectivity index (χ1n) is 5.32. The summed E-state index contributed by atoms with van der Waals surface area (Å²) >= 11 is 5.99. The molecule has 2 N–H and O–H groups in total. The molecule has 1 aromatic carbocycles. The molecule has 16 heavy (non-hydrogen) atoms. The monoisotopic (exact) mass is 241 g/mol. The Morgan fingerprint density at radius 3 is 2.81 bits per heavy atom. The molecule has 4 heteroatoms. The number of ketones is 1. The van der Waals surface area contributed by atoms with E-state index < -0.39 is 11.4 Å². The third kappa shape index (κ3) is 1.85. The maximum absolute atomic E-state index is 13.2. The van der Waals surface area contributed by atoms with Gasteiger partial charge in [-0.15, -0.1) is 0 Å². The number of rotatable bonds is 1. The molecule has 1 saturated carbocycles. The number of benzene rings is 1. The fourth-order valence-electron chi connectivity index (χ4n) is 2.18. The van der Waals surface area contributed by atoms with Gasteiger partial charge in [0.2, 0.25) is 0 Å². The van der Waals surface area contributed by atoms with Crippen molar-refractivity contribution < 1.29 is 9.18 Å². The van der Waals surface area contributed by atoms with Crippen LogP contribution in [0.15, 0.2) is 18.2 Å². The molecule has 0 spiro atoms. The summed E-state index contributed by atoms with van der Waals surface area (Å²) in [4.78, 5) is 11.9. The summed E-state index contributed by atoms with van der Waals surface area (Å²) in [5.41, 5.74) is 5.41. The van der Waals surface area contributed by atoms with Gasteiger partial charge in [-0.25, -0.2) is 4.39 Å². The number of hydrogen-bond donors (Lipinski definition) is 1. The lowest BCUT2D eigenvalue weighted by Gasteiger charge is -2.32. The fourth-order valence-corrected chi connectivity index (χ4v) is 2.46. The van der Waals surface area contributed by atoms with Gasteiger partial charge in [-0.2, -0.15) is 0 Å². The van der Waals surface area contributed by atoms with Gasteiger partial charge < -0.3 is 5.73 Å².